The predicted molar refractivity (Wildman–Crippen MR) is 103 cm³/mol. The fourth-order valence-electron chi connectivity index (χ4n) is 3.39. The SMILES string of the molecule is CC1Oc2cc(NC(=O)c3ccco3)ccc2N(CCN2CCOCC2)C1=O. The molecule has 2 aliphatic heterocycles. The van der Waals surface area contributed by atoms with Gasteiger partial charge < -0.3 is 24.1 Å². The van der Waals surface area contributed by atoms with Crippen molar-refractivity contribution in [1.82, 2.24) is 4.90 Å². The number of nitrogens with one attached hydrogen (secondary N) is 1. The number of anilines is 2. The van der Waals surface area contributed by atoms with Crippen molar-refractivity contribution in [2.75, 3.05) is 49.6 Å². The van der Waals surface area contributed by atoms with E-state index in [2.05, 4.69) is 10.2 Å². The third-order valence-corrected chi connectivity index (χ3v) is 4.91. The van der Waals surface area contributed by atoms with E-state index in [0.717, 1.165) is 32.8 Å². The van der Waals surface area contributed by atoms with Crippen LogP contribution < -0.4 is 15.0 Å². The number of benzene rings is 1. The highest BCUT2D eigenvalue weighted by Crippen LogP contribution is 2.36. The second-order valence-corrected chi connectivity index (χ2v) is 6.82. The van der Waals surface area contributed by atoms with E-state index in [-0.39, 0.29) is 17.6 Å². The van der Waals surface area contributed by atoms with Gasteiger partial charge in [0.15, 0.2) is 11.9 Å². The maximum absolute atomic E-state index is 12.7. The molecule has 28 heavy (non-hydrogen) atoms. The number of carbonyl (C=O) groups is 2. The summed E-state index contributed by atoms with van der Waals surface area (Å²) in [5, 5.41) is 2.78. The van der Waals surface area contributed by atoms with Gasteiger partial charge in [-0.2, -0.15) is 0 Å². The summed E-state index contributed by atoms with van der Waals surface area (Å²) in [6, 6.07) is 8.55. The molecule has 1 N–H and O–H groups in total. The molecule has 2 amide bonds. The van der Waals surface area contributed by atoms with Crippen molar-refractivity contribution >= 4 is 23.2 Å². The Labute approximate surface area is 163 Å². The molecule has 148 valence electrons. The van der Waals surface area contributed by atoms with E-state index in [9.17, 15) is 9.59 Å². The Balaban J connectivity index is 1.49. The van der Waals surface area contributed by atoms with Crippen LogP contribution in [0.15, 0.2) is 41.0 Å². The van der Waals surface area contributed by atoms with Crippen LogP contribution >= 0.6 is 0 Å². The largest absolute Gasteiger partial charge is 0.479 e. The van der Waals surface area contributed by atoms with Gasteiger partial charge in [-0.25, -0.2) is 0 Å². The molecule has 8 heteroatoms. The molecule has 0 spiro atoms. The van der Waals surface area contributed by atoms with E-state index in [0.29, 0.717) is 23.7 Å². The summed E-state index contributed by atoms with van der Waals surface area (Å²) in [4.78, 5) is 28.9. The molecule has 1 atom stereocenters. The zero-order chi connectivity index (χ0) is 19.5. The fraction of sp³-hybridized carbons (Fsp3) is 0.400. The first-order valence-corrected chi connectivity index (χ1v) is 9.39. The molecule has 1 unspecified atom stereocenters. The van der Waals surface area contributed by atoms with Gasteiger partial charge in [0, 0.05) is 37.9 Å². The van der Waals surface area contributed by atoms with Crippen LogP contribution in [0.3, 0.4) is 0 Å². The van der Waals surface area contributed by atoms with Gasteiger partial charge in [0.05, 0.1) is 25.2 Å². The van der Waals surface area contributed by atoms with Gasteiger partial charge in [0.2, 0.25) is 0 Å². The maximum atomic E-state index is 12.7. The molecule has 3 heterocycles. The molecule has 1 aromatic heterocycles. The van der Waals surface area contributed by atoms with Crippen LogP contribution in [-0.2, 0) is 9.53 Å². The Morgan fingerprint density at radius 3 is 2.79 bits per heavy atom. The quantitative estimate of drug-likeness (QED) is 0.847. The van der Waals surface area contributed by atoms with Gasteiger partial charge in [0.1, 0.15) is 5.75 Å². The average molecular weight is 385 g/mol. The third kappa shape index (κ3) is 3.88. The topological polar surface area (TPSA) is 84.2 Å². The Bertz CT molecular complexity index is 846. The lowest BCUT2D eigenvalue weighted by Gasteiger charge is -2.35. The van der Waals surface area contributed by atoms with E-state index in [4.69, 9.17) is 13.9 Å². The molecule has 2 aromatic rings. The second kappa shape index (κ2) is 8.04. The van der Waals surface area contributed by atoms with Crippen molar-refractivity contribution in [2.45, 2.75) is 13.0 Å². The number of morpholine rings is 1. The first-order valence-electron chi connectivity index (χ1n) is 9.39. The van der Waals surface area contributed by atoms with Crippen molar-refractivity contribution in [3.8, 4) is 5.75 Å². The van der Waals surface area contributed by atoms with Gasteiger partial charge >= 0.3 is 0 Å². The van der Waals surface area contributed by atoms with E-state index in [1.807, 2.05) is 0 Å². The number of amides is 2. The number of rotatable bonds is 5. The van der Waals surface area contributed by atoms with Crippen LogP contribution in [-0.4, -0.2) is 62.2 Å². The van der Waals surface area contributed by atoms with E-state index < -0.39 is 6.10 Å². The van der Waals surface area contributed by atoms with Crippen molar-refractivity contribution in [2.24, 2.45) is 0 Å². The number of carbonyl (C=O) groups excluding carboxylic acids is 2. The Kier molecular flexibility index (Phi) is 5.31. The zero-order valence-corrected chi connectivity index (χ0v) is 15.7. The molecule has 1 saturated heterocycles. The highest BCUT2D eigenvalue weighted by atomic mass is 16.5. The first kappa shape index (κ1) is 18.5. The first-order chi connectivity index (χ1) is 13.6. The summed E-state index contributed by atoms with van der Waals surface area (Å²) in [7, 11) is 0. The van der Waals surface area contributed by atoms with Crippen LogP contribution in [0.25, 0.3) is 0 Å². The lowest BCUT2D eigenvalue weighted by atomic mass is 10.1. The third-order valence-electron chi connectivity index (χ3n) is 4.91. The van der Waals surface area contributed by atoms with Crippen LogP contribution in [0.4, 0.5) is 11.4 Å². The van der Waals surface area contributed by atoms with Crippen molar-refractivity contribution in [1.29, 1.82) is 0 Å². The minimum absolute atomic E-state index is 0.0619. The van der Waals surface area contributed by atoms with Gasteiger partial charge in [-0.3, -0.25) is 14.5 Å². The summed E-state index contributed by atoms with van der Waals surface area (Å²) in [5.74, 6) is 0.405. The second-order valence-electron chi connectivity index (χ2n) is 6.82. The van der Waals surface area contributed by atoms with Gasteiger partial charge in [0.25, 0.3) is 11.8 Å². The highest BCUT2D eigenvalue weighted by Gasteiger charge is 2.32. The Morgan fingerprint density at radius 1 is 1.21 bits per heavy atom. The summed E-state index contributed by atoms with van der Waals surface area (Å²) >= 11 is 0. The minimum Gasteiger partial charge on any atom is -0.479 e. The molecule has 2 aliphatic rings. The van der Waals surface area contributed by atoms with E-state index in [1.54, 1.807) is 42.2 Å². The molecule has 8 nitrogen and oxygen atoms in total. The molecule has 0 bridgehead atoms. The highest BCUT2D eigenvalue weighted by molar-refractivity contribution is 6.03. The standard InChI is InChI=1S/C20H23N3O5/c1-14-20(25)23(7-6-22-8-11-26-12-9-22)16-5-4-15(13-18(16)28-14)21-19(24)17-3-2-10-27-17/h2-5,10,13-14H,6-9,11-12H2,1H3,(H,21,24). The summed E-state index contributed by atoms with van der Waals surface area (Å²) in [5.41, 5.74) is 1.29. The van der Waals surface area contributed by atoms with Crippen LogP contribution in [0.1, 0.15) is 17.5 Å². The molecule has 1 aromatic carbocycles. The smallest absolute Gasteiger partial charge is 0.291 e. The van der Waals surface area contributed by atoms with E-state index in [1.165, 1.54) is 6.26 Å². The number of hydrogen-bond donors (Lipinski definition) is 1. The maximum Gasteiger partial charge on any atom is 0.291 e. The minimum atomic E-state index is -0.576. The fourth-order valence-corrected chi connectivity index (χ4v) is 3.39. The molecular weight excluding hydrogens is 362 g/mol. The van der Waals surface area contributed by atoms with Gasteiger partial charge in [-0.1, -0.05) is 0 Å². The summed E-state index contributed by atoms with van der Waals surface area (Å²) < 4.78 is 16.3. The molecular formula is C20H23N3O5. The van der Waals surface area contributed by atoms with Crippen molar-refractivity contribution in [3.63, 3.8) is 0 Å². The number of ether oxygens (including phenoxy) is 2. The van der Waals surface area contributed by atoms with Crippen LogP contribution in [0.2, 0.25) is 0 Å². The zero-order valence-electron chi connectivity index (χ0n) is 15.7. The molecule has 1 fully saturated rings. The number of nitrogens with zero attached hydrogens (tertiary/aromatic N) is 2. The lowest BCUT2D eigenvalue weighted by molar-refractivity contribution is -0.125. The Hall–Kier alpha value is -2.84. The number of furan rings is 1. The molecule has 4 rings (SSSR count). The van der Waals surface area contributed by atoms with Crippen LogP contribution in [0, 0.1) is 0 Å². The van der Waals surface area contributed by atoms with Gasteiger partial charge in [-0.15, -0.1) is 0 Å². The molecule has 0 radical (unpaired) electrons. The van der Waals surface area contributed by atoms with Crippen molar-refractivity contribution in [3.05, 3.63) is 42.4 Å². The molecule has 0 aliphatic carbocycles. The number of hydrogen-bond acceptors (Lipinski definition) is 6. The average Bonchev–Trinajstić information content (AvgIpc) is 3.24. The predicted octanol–water partition coefficient (Wildman–Crippen LogP) is 1.98. The summed E-state index contributed by atoms with van der Waals surface area (Å²) in [6.45, 7) is 6.29. The number of fused-ring (bicyclic) bond motifs is 1. The summed E-state index contributed by atoms with van der Waals surface area (Å²) in [6.07, 6.45) is 0.873. The normalized spacial score (nSPS) is 19.8. The monoisotopic (exact) mass is 385 g/mol. The van der Waals surface area contributed by atoms with Gasteiger partial charge in [-0.05, 0) is 31.2 Å². The van der Waals surface area contributed by atoms with Crippen LogP contribution in [0.5, 0.6) is 5.75 Å². The van der Waals surface area contributed by atoms with Crippen molar-refractivity contribution < 1.29 is 23.5 Å². The lowest BCUT2D eigenvalue weighted by Crippen LogP contribution is -2.48. The van der Waals surface area contributed by atoms with E-state index >= 15 is 0 Å². The Morgan fingerprint density at radius 2 is 2.04 bits per heavy atom. The molecule has 0 saturated carbocycles.